The summed E-state index contributed by atoms with van der Waals surface area (Å²) in [6.45, 7) is 5.59. The van der Waals surface area contributed by atoms with Crippen molar-refractivity contribution in [2.75, 3.05) is 6.61 Å². The molecule has 0 amide bonds. The van der Waals surface area contributed by atoms with Gasteiger partial charge >= 0.3 is 0 Å². The molecule has 5 nitrogen and oxygen atoms in total. The number of fused-ring (bicyclic) bond motifs is 1. The lowest BCUT2D eigenvalue weighted by Crippen LogP contribution is -2.71. The fourth-order valence-electron chi connectivity index (χ4n) is 4.25. The average molecular weight is 282 g/mol. The third-order valence-corrected chi connectivity index (χ3v) is 5.99. The molecule has 1 heterocycles. The molecular formula is C15H22O5. The second kappa shape index (κ2) is 3.91. The number of allylic oxidation sites excluding steroid dienone is 1. The van der Waals surface area contributed by atoms with Crippen LogP contribution in [0.2, 0.25) is 0 Å². The highest BCUT2D eigenvalue weighted by atomic mass is 17.2. The van der Waals surface area contributed by atoms with E-state index in [0.29, 0.717) is 19.3 Å². The van der Waals surface area contributed by atoms with Crippen LogP contribution in [0.15, 0.2) is 12.2 Å². The summed E-state index contributed by atoms with van der Waals surface area (Å²) >= 11 is 0. The fourth-order valence-corrected chi connectivity index (χ4v) is 4.25. The highest BCUT2D eigenvalue weighted by Crippen LogP contribution is 2.64. The molecule has 112 valence electrons. The Morgan fingerprint density at radius 1 is 1.35 bits per heavy atom. The Hall–Kier alpha value is -0.750. The minimum absolute atomic E-state index is 0.0929. The van der Waals surface area contributed by atoms with Gasteiger partial charge in [0.2, 0.25) is 0 Å². The lowest BCUT2D eigenvalue weighted by Gasteiger charge is -2.63. The summed E-state index contributed by atoms with van der Waals surface area (Å²) in [6, 6.07) is 0. The van der Waals surface area contributed by atoms with Crippen molar-refractivity contribution in [3.8, 4) is 0 Å². The number of hydrogen-bond donors (Lipinski definition) is 2. The van der Waals surface area contributed by atoms with Crippen molar-refractivity contribution in [2.24, 2.45) is 10.8 Å². The molecule has 20 heavy (non-hydrogen) atoms. The van der Waals surface area contributed by atoms with Gasteiger partial charge in [-0.05, 0) is 37.7 Å². The van der Waals surface area contributed by atoms with Crippen LogP contribution in [0, 0.1) is 10.8 Å². The van der Waals surface area contributed by atoms with Crippen LogP contribution in [-0.4, -0.2) is 39.9 Å². The molecule has 4 unspecified atom stereocenters. The largest absolute Gasteiger partial charge is 0.393 e. The van der Waals surface area contributed by atoms with Gasteiger partial charge in [-0.15, -0.1) is 0 Å². The smallest absolute Gasteiger partial charge is 0.190 e. The van der Waals surface area contributed by atoms with Gasteiger partial charge in [0.15, 0.2) is 11.4 Å². The van der Waals surface area contributed by atoms with Crippen molar-refractivity contribution < 1.29 is 24.8 Å². The lowest BCUT2D eigenvalue weighted by molar-refractivity contribution is -0.463. The predicted molar refractivity (Wildman–Crippen MR) is 70.6 cm³/mol. The maximum atomic E-state index is 12.4. The topological polar surface area (TPSA) is 76.0 Å². The van der Waals surface area contributed by atoms with E-state index < -0.39 is 22.7 Å². The zero-order valence-electron chi connectivity index (χ0n) is 12.2. The first kappa shape index (κ1) is 14.2. The minimum Gasteiger partial charge on any atom is -0.393 e. The fraction of sp³-hybridized carbons (Fsp3) is 0.800. The van der Waals surface area contributed by atoms with Crippen molar-refractivity contribution >= 4 is 5.78 Å². The molecule has 0 aromatic heterocycles. The van der Waals surface area contributed by atoms with Gasteiger partial charge in [-0.25, -0.2) is 9.78 Å². The first-order chi connectivity index (χ1) is 9.21. The molecule has 2 aliphatic carbocycles. The number of ketones is 1. The SMILES string of the molecule is CC1(C)C=CC(=O)C2(C)OOC3CC12CCC3(O)CO. The van der Waals surface area contributed by atoms with Crippen LogP contribution in [0.4, 0.5) is 0 Å². The van der Waals surface area contributed by atoms with Gasteiger partial charge in [-0.3, -0.25) is 4.79 Å². The molecule has 2 bridgehead atoms. The normalized spacial score (nSPS) is 49.9. The van der Waals surface area contributed by atoms with E-state index in [1.807, 2.05) is 6.08 Å². The van der Waals surface area contributed by atoms with Crippen molar-refractivity contribution in [3.05, 3.63) is 12.2 Å². The van der Waals surface area contributed by atoms with E-state index in [-0.39, 0.29) is 17.8 Å². The van der Waals surface area contributed by atoms with Crippen LogP contribution in [0.3, 0.4) is 0 Å². The van der Waals surface area contributed by atoms with E-state index in [9.17, 15) is 15.0 Å². The van der Waals surface area contributed by atoms with E-state index in [4.69, 9.17) is 9.78 Å². The maximum absolute atomic E-state index is 12.4. The molecule has 1 spiro atoms. The highest BCUT2D eigenvalue weighted by molar-refractivity contribution is 5.99. The Morgan fingerprint density at radius 3 is 2.70 bits per heavy atom. The van der Waals surface area contributed by atoms with Crippen LogP contribution in [0.5, 0.6) is 0 Å². The summed E-state index contributed by atoms with van der Waals surface area (Å²) in [5.41, 5.74) is -2.98. The van der Waals surface area contributed by atoms with E-state index in [2.05, 4.69) is 13.8 Å². The van der Waals surface area contributed by atoms with Gasteiger partial charge in [0, 0.05) is 5.41 Å². The molecule has 0 radical (unpaired) electrons. The van der Waals surface area contributed by atoms with Crippen LogP contribution in [-0.2, 0) is 14.6 Å². The summed E-state index contributed by atoms with van der Waals surface area (Å²) in [7, 11) is 0. The lowest BCUT2D eigenvalue weighted by atomic mass is 9.46. The molecular weight excluding hydrogens is 260 g/mol. The van der Waals surface area contributed by atoms with E-state index in [1.165, 1.54) is 0 Å². The minimum atomic E-state index is -1.28. The van der Waals surface area contributed by atoms with Crippen molar-refractivity contribution in [1.29, 1.82) is 0 Å². The van der Waals surface area contributed by atoms with Crippen LogP contribution >= 0.6 is 0 Å². The zero-order chi connectivity index (χ0) is 14.8. The van der Waals surface area contributed by atoms with Gasteiger partial charge in [0.05, 0.1) is 6.61 Å². The monoisotopic (exact) mass is 282 g/mol. The van der Waals surface area contributed by atoms with E-state index >= 15 is 0 Å². The van der Waals surface area contributed by atoms with Crippen molar-refractivity contribution in [1.82, 2.24) is 0 Å². The van der Waals surface area contributed by atoms with Gasteiger partial charge in [-0.2, -0.15) is 0 Å². The molecule has 2 fully saturated rings. The van der Waals surface area contributed by atoms with Gasteiger partial charge < -0.3 is 10.2 Å². The predicted octanol–water partition coefficient (Wildman–Crippen LogP) is 1.13. The highest BCUT2D eigenvalue weighted by Gasteiger charge is 2.69. The maximum Gasteiger partial charge on any atom is 0.190 e. The van der Waals surface area contributed by atoms with Crippen LogP contribution in [0.25, 0.3) is 0 Å². The Morgan fingerprint density at radius 2 is 2.05 bits per heavy atom. The van der Waals surface area contributed by atoms with Crippen LogP contribution < -0.4 is 0 Å². The number of carbonyl (C=O) groups excluding carboxylic acids is 1. The first-order valence-electron chi connectivity index (χ1n) is 7.12. The molecule has 5 heteroatoms. The van der Waals surface area contributed by atoms with Gasteiger partial charge in [-0.1, -0.05) is 19.9 Å². The van der Waals surface area contributed by atoms with Crippen molar-refractivity contribution in [2.45, 2.75) is 57.3 Å². The summed E-state index contributed by atoms with van der Waals surface area (Å²) in [5.74, 6) is -0.0929. The Kier molecular flexibility index (Phi) is 2.78. The summed E-state index contributed by atoms with van der Waals surface area (Å²) in [6.07, 6.45) is 4.42. The van der Waals surface area contributed by atoms with Gasteiger partial charge in [0.25, 0.3) is 0 Å². The molecule has 2 N–H and O–H groups in total. The standard InChI is InChI=1S/C15H22O5/c1-12(2)5-4-10(17)13(3)15(12)7-6-14(18,9-16)11(8-15)19-20-13/h4-5,11,16,18H,6-9H2,1-3H3. The molecule has 4 atom stereocenters. The third-order valence-electron chi connectivity index (χ3n) is 5.99. The van der Waals surface area contributed by atoms with Crippen LogP contribution in [0.1, 0.15) is 40.0 Å². The Balaban J connectivity index is 2.10. The average Bonchev–Trinajstić information content (AvgIpc) is 2.42. The molecule has 1 saturated heterocycles. The number of rotatable bonds is 1. The number of carbonyl (C=O) groups is 1. The summed E-state index contributed by atoms with van der Waals surface area (Å²) < 4.78 is 0. The Labute approximate surface area is 118 Å². The van der Waals surface area contributed by atoms with Gasteiger partial charge in [0.1, 0.15) is 11.7 Å². The molecule has 1 aliphatic heterocycles. The number of hydrogen-bond acceptors (Lipinski definition) is 5. The van der Waals surface area contributed by atoms with E-state index in [1.54, 1.807) is 13.0 Å². The molecule has 0 aromatic rings. The molecule has 3 aliphatic rings. The molecule has 3 rings (SSSR count). The second-order valence-corrected chi connectivity index (χ2v) is 7.17. The molecule has 1 saturated carbocycles. The van der Waals surface area contributed by atoms with E-state index in [0.717, 1.165) is 0 Å². The quantitative estimate of drug-likeness (QED) is 0.705. The van der Waals surface area contributed by atoms with Crippen molar-refractivity contribution in [3.63, 3.8) is 0 Å². The molecule has 0 aromatic carbocycles. The second-order valence-electron chi connectivity index (χ2n) is 7.17. The number of aliphatic hydroxyl groups excluding tert-OH is 1. The Bertz CT molecular complexity index is 485. The number of aliphatic hydroxyl groups is 2. The third kappa shape index (κ3) is 1.44. The first-order valence-corrected chi connectivity index (χ1v) is 7.12. The summed E-state index contributed by atoms with van der Waals surface area (Å²) in [4.78, 5) is 23.2. The summed E-state index contributed by atoms with van der Waals surface area (Å²) in [5, 5.41) is 19.9. The zero-order valence-corrected chi connectivity index (χ0v) is 12.2.